The van der Waals surface area contributed by atoms with Crippen LogP contribution in [0.3, 0.4) is 0 Å². The zero-order valence-electron chi connectivity index (χ0n) is 8.22. The van der Waals surface area contributed by atoms with Gasteiger partial charge in [0.15, 0.2) is 5.75 Å². The lowest BCUT2D eigenvalue weighted by atomic mass is 10.1. The van der Waals surface area contributed by atoms with Crippen molar-refractivity contribution in [3.63, 3.8) is 0 Å². The van der Waals surface area contributed by atoms with Crippen LogP contribution in [0.15, 0.2) is 24.4 Å². The number of benzene rings is 1. The van der Waals surface area contributed by atoms with Crippen molar-refractivity contribution in [3.05, 3.63) is 45.4 Å². The van der Waals surface area contributed by atoms with Gasteiger partial charge in [0.05, 0.1) is 15.1 Å². The highest BCUT2D eigenvalue weighted by molar-refractivity contribution is 6.48. The number of hydrogen-bond donors (Lipinski definition) is 1. The molecule has 1 heterocycles. The number of pyridine rings is 1. The third-order valence-electron chi connectivity index (χ3n) is 2.17. The van der Waals surface area contributed by atoms with E-state index >= 15 is 0 Å². The number of halogens is 4. The number of aromatic hydroxyl groups is 1. The Balaban J connectivity index is 2.65. The van der Waals surface area contributed by atoms with Crippen LogP contribution >= 0.6 is 34.8 Å². The summed E-state index contributed by atoms with van der Waals surface area (Å²) in [5.41, 5.74) is 0.709. The SMILES string of the molecule is Oc1c(-c2cc(Cl)c(Cl)c(Cl)c2)ccnc1F. The Hall–Kier alpha value is -1.03. The second-order valence-electron chi connectivity index (χ2n) is 3.25. The van der Waals surface area contributed by atoms with Crippen molar-refractivity contribution in [2.75, 3.05) is 0 Å². The number of hydrogen-bond acceptors (Lipinski definition) is 2. The van der Waals surface area contributed by atoms with Crippen molar-refractivity contribution >= 4 is 34.8 Å². The fraction of sp³-hybridized carbons (Fsp3) is 0. The van der Waals surface area contributed by atoms with Gasteiger partial charge in [-0.25, -0.2) is 4.98 Å². The molecule has 1 aromatic heterocycles. The molecule has 2 rings (SSSR count). The van der Waals surface area contributed by atoms with Crippen molar-refractivity contribution in [3.8, 4) is 16.9 Å². The Morgan fingerprint density at radius 2 is 1.71 bits per heavy atom. The van der Waals surface area contributed by atoms with Gasteiger partial charge in [-0.15, -0.1) is 0 Å². The van der Waals surface area contributed by atoms with Crippen LogP contribution in [0.4, 0.5) is 4.39 Å². The fourth-order valence-corrected chi connectivity index (χ4v) is 1.97. The molecule has 0 amide bonds. The second-order valence-corrected chi connectivity index (χ2v) is 4.44. The molecule has 6 heteroatoms. The Bertz CT molecular complexity index is 566. The highest BCUT2D eigenvalue weighted by Crippen LogP contribution is 2.38. The summed E-state index contributed by atoms with van der Waals surface area (Å²) in [5.74, 6) is -1.51. The molecule has 0 saturated heterocycles. The minimum atomic E-state index is -0.954. The first-order valence-corrected chi connectivity index (χ1v) is 5.62. The van der Waals surface area contributed by atoms with E-state index in [2.05, 4.69) is 4.98 Å². The molecule has 2 aromatic rings. The minimum absolute atomic E-state index is 0.214. The summed E-state index contributed by atoms with van der Waals surface area (Å²) in [6.45, 7) is 0. The molecule has 0 spiro atoms. The maximum Gasteiger partial charge on any atom is 0.255 e. The van der Waals surface area contributed by atoms with Crippen LogP contribution in [0.1, 0.15) is 0 Å². The molecule has 1 N–H and O–H groups in total. The van der Waals surface area contributed by atoms with E-state index in [1.807, 2.05) is 0 Å². The molecular weight excluding hydrogens is 287 g/mol. The molecule has 0 aliphatic heterocycles. The van der Waals surface area contributed by atoms with E-state index in [4.69, 9.17) is 34.8 Å². The topological polar surface area (TPSA) is 33.1 Å². The van der Waals surface area contributed by atoms with Crippen LogP contribution in [0.5, 0.6) is 5.75 Å². The van der Waals surface area contributed by atoms with Gasteiger partial charge in [-0.05, 0) is 23.8 Å². The molecule has 0 saturated carbocycles. The summed E-state index contributed by atoms with van der Waals surface area (Å²) in [4.78, 5) is 3.32. The second kappa shape index (κ2) is 4.69. The third-order valence-corrected chi connectivity index (χ3v) is 3.37. The molecule has 0 fully saturated rings. The average molecular weight is 293 g/mol. The highest BCUT2D eigenvalue weighted by atomic mass is 35.5. The Kier molecular flexibility index (Phi) is 3.43. The first-order valence-electron chi connectivity index (χ1n) is 4.49. The van der Waals surface area contributed by atoms with Gasteiger partial charge in [-0.2, -0.15) is 4.39 Å². The van der Waals surface area contributed by atoms with Crippen molar-refractivity contribution in [2.45, 2.75) is 0 Å². The quantitative estimate of drug-likeness (QED) is 0.617. The zero-order valence-corrected chi connectivity index (χ0v) is 10.5. The number of rotatable bonds is 1. The Morgan fingerprint density at radius 3 is 2.29 bits per heavy atom. The van der Waals surface area contributed by atoms with E-state index in [0.29, 0.717) is 5.56 Å². The molecule has 88 valence electrons. The van der Waals surface area contributed by atoms with Crippen LogP contribution < -0.4 is 0 Å². The van der Waals surface area contributed by atoms with Gasteiger partial charge in [0, 0.05) is 11.8 Å². The largest absolute Gasteiger partial charge is 0.503 e. The maximum absolute atomic E-state index is 13.1. The molecule has 0 aliphatic carbocycles. The number of aromatic nitrogens is 1. The van der Waals surface area contributed by atoms with Crippen LogP contribution in [0.2, 0.25) is 15.1 Å². The molecule has 17 heavy (non-hydrogen) atoms. The van der Waals surface area contributed by atoms with Crippen molar-refractivity contribution in [1.29, 1.82) is 0 Å². The smallest absolute Gasteiger partial charge is 0.255 e. The van der Waals surface area contributed by atoms with Gasteiger partial charge < -0.3 is 5.11 Å². The summed E-state index contributed by atoms with van der Waals surface area (Å²) >= 11 is 17.5. The fourth-order valence-electron chi connectivity index (χ4n) is 1.37. The lowest BCUT2D eigenvalue weighted by molar-refractivity contribution is 0.421. The van der Waals surface area contributed by atoms with Gasteiger partial charge in [0.2, 0.25) is 0 Å². The summed E-state index contributed by atoms with van der Waals surface area (Å²) in [6, 6.07) is 4.43. The summed E-state index contributed by atoms with van der Waals surface area (Å²) in [7, 11) is 0. The van der Waals surface area contributed by atoms with E-state index in [1.165, 1.54) is 24.4 Å². The van der Waals surface area contributed by atoms with E-state index in [0.717, 1.165) is 0 Å². The van der Waals surface area contributed by atoms with Gasteiger partial charge >= 0.3 is 0 Å². The van der Waals surface area contributed by atoms with E-state index < -0.39 is 11.7 Å². The van der Waals surface area contributed by atoms with Gasteiger partial charge in [0.1, 0.15) is 0 Å². The third kappa shape index (κ3) is 2.32. The van der Waals surface area contributed by atoms with Crippen LogP contribution in [0, 0.1) is 5.95 Å². The minimum Gasteiger partial charge on any atom is -0.503 e. The first kappa shape index (κ1) is 12.4. The molecular formula is C11H5Cl3FNO. The molecule has 0 bridgehead atoms. The molecule has 0 radical (unpaired) electrons. The number of nitrogens with zero attached hydrogens (tertiary/aromatic N) is 1. The Labute approximate surface area is 112 Å². The summed E-state index contributed by atoms with van der Waals surface area (Å²) in [5, 5.41) is 10.2. The van der Waals surface area contributed by atoms with Crippen LogP contribution in [-0.4, -0.2) is 10.1 Å². The predicted octanol–water partition coefficient (Wildman–Crippen LogP) is 4.55. The summed E-state index contributed by atoms with van der Waals surface area (Å²) < 4.78 is 13.1. The standard InChI is InChI=1S/C11H5Cl3FNO/c12-7-3-5(4-8(13)9(7)14)6-1-2-16-11(15)10(6)17/h1-4,17H. The normalized spacial score (nSPS) is 10.6. The average Bonchev–Trinajstić information content (AvgIpc) is 2.29. The molecule has 1 aromatic carbocycles. The lowest BCUT2D eigenvalue weighted by Crippen LogP contribution is -1.87. The molecule has 0 unspecified atom stereocenters. The Morgan fingerprint density at radius 1 is 1.12 bits per heavy atom. The van der Waals surface area contributed by atoms with Crippen molar-refractivity contribution < 1.29 is 9.50 Å². The van der Waals surface area contributed by atoms with Crippen molar-refractivity contribution in [2.24, 2.45) is 0 Å². The van der Waals surface area contributed by atoms with Gasteiger partial charge in [0.25, 0.3) is 5.95 Å². The predicted molar refractivity (Wildman–Crippen MR) is 66.3 cm³/mol. The van der Waals surface area contributed by atoms with Crippen LogP contribution in [-0.2, 0) is 0 Å². The highest BCUT2D eigenvalue weighted by Gasteiger charge is 2.13. The van der Waals surface area contributed by atoms with E-state index in [-0.39, 0.29) is 20.6 Å². The summed E-state index contributed by atoms with van der Waals surface area (Å²) in [6.07, 6.45) is 1.24. The van der Waals surface area contributed by atoms with Crippen LogP contribution in [0.25, 0.3) is 11.1 Å². The van der Waals surface area contributed by atoms with E-state index in [9.17, 15) is 9.50 Å². The molecule has 0 atom stereocenters. The van der Waals surface area contributed by atoms with Gasteiger partial charge in [-0.1, -0.05) is 34.8 Å². The van der Waals surface area contributed by atoms with E-state index in [1.54, 1.807) is 0 Å². The maximum atomic E-state index is 13.1. The van der Waals surface area contributed by atoms with Crippen molar-refractivity contribution in [1.82, 2.24) is 4.98 Å². The zero-order chi connectivity index (χ0) is 12.6. The molecule has 2 nitrogen and oxygen atoms in total. The molecule has 0 aliphatic rings. The monoisotopic (exact) mass is 291 g/mol. The lowest BCUT2D eigenvalue weighted by Gasteiger charge is -2.07. The first-order chi connectivity index (χ1) is 8.00. The van der Waals surface area contributed by atoms with Gasteiger partial charge in [-0.3, -0.25) is 0 Å².